The second-order valence-corrected chi connectivity index (χ2v) is 8.69. The van der Waals surface area contributed by atoms with Gasteiger partial charge in [0.15, 0.2) is 11.5 Å². The van der Waals surface area contributed by atoms with Crippen LogP contribution in [0.4, 0.5) is 5.69 Å². The fourth-order valence-electron chi connectivity index (χ4n) is 4.11. The van der Waals surface area contributed by atoms with Crippen molar-refractivity contribution in [3.8, 4) is 5.75 Å². The average molecular weight is 454 g/mol. The van der Waals surface area contributed by atoms with Crippen molar-refractivity contribution in [2.45, 2.75) is 38.6 Å². The van der Waals surface area contributed by atoms with Crippen LogP contribution >= 0.6 is 11.6 Å². The molecule has 2 amide bonds. The topological polar surface area (TPSA) is 70.7 Å². The Bertz CT molecular complexity index is 1040. The number of halogens is 1. The van der Waals surface area contributed by atoms with Gasteiger partial charge in [0.2, 0.25) is 0 Å². The zero-order valence-electron chi connectivity index (χ0n) is 18.2. The van der Waals surface area contributed by atoms with Crippen molar-refractivity contribution in [2.75, 3.05) is 25.0 Å². The lowest BCUT2D eigenvalue weighted by Gasteiger charge is -2.33. The number of likely N-dealkylation sites (tertiary alicyclic amines) is 1. The number of ether oxygens (including phenoxy) is 1. The largest absolute Gasteiger partial charge is 0.449 e. The summed E-state index contributed by atoms with van der Waals surface area (Å²) in [6.45, 7) is 5.03. The number of benzene rings is 2. The van der Waals surface area contributed by atoms with Crippen LogP contribution in [0.1, 0.15) is 48.5 Å². The highest BCUT2D eigenvalue weighted by atomic mass is 35.5. The second-order valence-electron chi connectivity index (χ2n) is 8.29. The number of rotatable bonds is 6. The molecule has 168 valence electrons. The van der Waals surface area contributed by atoms with E-state index in [1.54, 1.807) is 36.4 Å². The van der Waals surface area contributed by atoms with Gasteiger partial charge in [0, 0.05) is 29.7 Å². The first-order valence-electron chi connectivity index (χ1n) is 11.1. The molecule has 32 heavy (non-hydrogen) atoms. The summed E-state index contributed by atoms with van der Waals surface area (Å²) in [7, 11) is 0. The predicted octanol–water partition coefficient (Wildman–Crippen LogP) is 4.71. The quantitative estimate of drug-likeness (QED) is 0.491. The molecule has 2 aliphatic heterocycles. The van der Waals surface area contributed by atoms with Crippen LogP contribution in [0.2, 0.25) is 5.02 Å². The molecule has 2 aliphatic rings. The number of hydrogen-bond acceptors (Lipinski definition) is 4. The molecular weight excluding hydrogens is 426 g/mol. The van der Waals surface area contributed by atoms with Gasteiger partial charge >= 0.3 is 0 Å². The smallest absolute Gasteiger partial charge is 0.291 e. The third kappa shape index (κ3) is 5.31. The number of piperidine rings is 1. The Balaban J connectivity index is 1.35. The molecule has 2 N–H and O–H groups in total. The summed E-state index contributed by atoms with van der Waals surface area (Å²) in [5.74, 6) is 0.0880. The van der Waals surface area contributed by atoms with E-state index in [-0.39, 0.29) is 17.6 Å². The molecule has 2 aromatic rings. The Morgan fingerprint density at radius 2 is 2.12 bits per heavy atom. The van der Waals surface area contributed by atoms with Crippen LogP contribution in [0.5, 0.6) is 5.75 Å². The Hall–Kier alpha value is -2.83. The molecule has 4 rings (SSSR count). The van der Waals surface area contributed by atoms with E-state index in [0.29, 0.717) is 40.2 Å². The predicted molar refractivity (Wildman–Crippen MR) is 127 cm³/mol. The van der Waals surface area contributed by atoms with Crippen molar-refractivity contribution in [3.63, 3.8) is 0 Å². The van der Waals surface area contributed by atoms with Gasteiger partial charge in [-0.3, -0.25) is 9.59 Å². The van der Waals surface area contributed by atoms with Crippen molar-refractivity contribution < 1.29 is 14.3 Å². The van der Waals surface area contributed by atoms with Gasteiger partial charge in [0.1, 0.15) is 0 Å². The molecule has 0 bridgehead atoms. The van der Waals surface area contributed by atoms with E-state index in [9.17, 15) is 9.59 Å². The number of hydrogen-bond donors (Lipinski definition) is 2. The van der Waals surface area contributed by atoms with Crippen molar-refractivity contribution in [1.29, 1.82) is 0 Å². The highest BCUT2D eigenvalue weighted by molar-refractivity contribution is 6.32. The molecule has 0 aliphatic carbocycles. The van der Waals surface area contributed by atoms with Crippen LogP contribution in [-0.2, 0) is 4.79 Å². The lowest BCUT2D eigenvalue weighted by Crippen LogP contribution is -2.39. The number of amides is 2. The molecule has 7 heteroatoms. The summed E-state index contributed by atoms with van der Waals surface area (Å²) >= 11 is 6.17. The number of nitrogens with zero attached hydrogens (tertiary/aromatic N) is 1. The van der Waals surface area contributed by atoms with Gasteiger partial charge in [0.25, 0.3) is 11.8 Å². The lowest BCUT2D eigenvalue weighted by molar-refractivity contribution is -0.115. The first-order chi connectivity index (χ1) is 15.5. The second kappa shape index (κ2) is 10.2. The number of nitrogens with one attached hydrogen (secondary N) is 2. The third-order valence-corrected chi connectivity index (χ3v) is 6.32. The molecule has 0 aromatic heterocycles. The van der Waals surface area contributed by atoms with E-state index in [4.69, 9.17) is 16.3 Å². The summed E-state index contributed by atoms with van der Waals surface area (Å²) in [4.78, 5) is 27.6. The maximum atomic E-state index is 12.6. The van der Waals surface area contributed by atoms with E-state index < -0.39 is 0 Å². The molecule has 2 aromatic carbocycles. The van der Waals surface area contributed by atoms with Gasteiger partial charge in [-0.2, -0.15) is 0 Å². The Labute approximate surface area is 193 Å². The zero-order valence-corrected chi connectivity index (χ0v) is 19.0. The molecule has 0 spiro atoms. The fraction of sp³-hybridized carbons (Fsp3) is 0.360. The van der Waals surface area contributed by atoms with Gasteiger partial charge < -0.3 is 20.3 Å². The summed E-state index contributed by atoms with van der Waals surface area (Å²) in [5.41, 5.74) is 1.65. The van der Waals surface area contributed by atoms with Gasteiger partial charge in [-0.05, 0) is 68.6 Å². The summed E-state index contributed by atoms with van der Waals surface area (Å²) in [6.07, 6.45) is 6.34. The molecule has 0 saturated carbocycles. The van der Waals surface area contributed by atoms with Crippen molar-refractivity contribution in [2.24, 2.45) is 0 Å². The van der Waals surface area contributed by atoms with E-state index in [1.165, 1.54) is 19.3 Å². The third-order valence-electron chi connectivity index (χ3n) is 5.97. The van der Waals surface area contributed by atoms with Crippen LogP contribution in [0.25, 0.3) is 6.08 Å². The van der Waals surface area contributed by atoms with Gasteiger partial charge in [-0.1, -0.05) is 36.2 Å². The van der Waals surface area contributed by atoms with Crippen LogP contribution in [-0.4, -0.2) is 42.4 Å². The number of fused-ring (bicyclic) bond motifs is 1. The Morgan fingerprint density at radius 1 is 1.28 bits per heavy atom. The normalized spacial score (nSPS) is 19.8. The van der Waals surface area contributed by atoms with Crippen LogP contribution in [0.15, 0.2) is 48.2 Å². The standard InChI is InChI=1S/C25H28ClN3O3/c1-17-7-4-5-13-29(17)14-6-12-27-24(30)19-10-11-22-21(15-19)28-25(31)23(32-22)16-18-8-2-3-9-20(18)26/h2-3,8-11,15-17H,4-7,12-14H2,1H3,(H,27,30)(H,28,31)/b23-16-. The maximum Gasteiger partial charge on any atom is 0.291 e. The number of carbonyl (C=O) groups excluding carboxylic acids is 2. The number of carbonyl (C=O) groups is 2. The lowest BCUT2D eigenvalue weighted by atomic mass is 10.0. The minimum absolute atomic E-state index is 0.148. The summed E-state index contributed by atoms with van der Waals surface area (Å²) in [6, 6.07) is 12.9. The molecule has 1 atom stereocenters. The fourth-order valence-corrected chi connectivity index (χ4v) is 4.30. The SMILES string of the molecule is CC1CCCCN1CCCNC(=O)c1ccc2c(c1)NC(=O)/C(=C/c1ccccc1Cl)O2. The van der Waals surface area contributed by atoms with Crippen molar-refractivity contribution in [1.82, 2.24) is 10.2 Å². The van der Waals surface area contributed by atoms with Crippen LogP contribution in [0.3, 0.4) is 0 Å². The van der Waals surface area contributed by atoms with Gasteiger partial charge in [-0.25, -0.2) is 0 Å². The van der Waals surface area contributed by atoms with E-state index in [1.807, 2.05) is 12.1 Å². The van der Waals surface area contributed by atoms with Crippen LogP contribution in [0, 0.1) is 0 Å². The molecule has 2 heterocycles. The molecule has 0 radical (unpaired) electrons. The Morgan fingerprint density at radius 3 is 2.94 bits per heavy atom. The minimum Gasteiger partial charge on any atom is -0.449 e. The first-order valence-corrected chi connectivity index (χ1v) is 11.5. The number of anilines is 1. The highest BCUT2D eigenvalue weighted by Gasteiger charge is 2.23. The zero-order chi connectivity index (χ0) is 22.5. The van der Waals surface area contributed by atoms with Crippen LogP contribution < -0.4 is 15.4 Å². The van der Waals surface area contributed by atoms with Crippen molar-refractivity contribution >= 4 is 35.2 Å². The van der Waals surface area contributed by atoms with Gasteiger partial charge in [-0.15, -0.1) is 0 Å². The summed E-state index contributed by atoms with van der Waals surface area (Å²) < 4.78 is 5.77. The molecular formula is C25H28ClN3O3. The Kier molecular flexibility index (Phi) is 7.12. The molecule has 6 nitrogen and oxygen atoms in total. The minimum atomic E-state index is -0.384. The molecule has 1 unspecified atom stereocenters. The molecule has 1 fully saturated rings. The molecule has 1 saturated heterocycles. The van der Waals surface area contributed by atoms with E-state index in [0.717, 1.165) is 19.5 Å². The average Bonchev–Trinajstić information content (AvgIpc) is 2.79. The monoisotopic (exact) mass is 453 g/mol. The highest BCUT2D eigenvalue weighted by Crippen LogP contribution is 2.33. The van der Waals surface area contributed by atoms with E-state index in [2.05, 4.69) is 22.5 Å². The van der Waals surface area contributed by atoms with Gasteiger partial charge in [0.05, 0.1) is 5.69 Å². The van der Waals surface area contributed by atoms with E-state index >= 15 is 0 Å². The van der Waals surface area contributed by atoms with Crippen molar-refractivity contribution in [3.05, 3.63) is 64.4 Å². The first kappa shape index (κ1) is 22.4. The summed E-state index contributed by atoms with van der Waals surface area (Å²) in [5, 5.41) is 6.30. The maximum absolute atomic E-state index is 12.6.